The minimum absolute atomic E-state index is 0.331. The third kappa shape index (κ3) is 3.85. The number of thiol groups is 1. The average molecular weight is 255 g/mol. The Hall–Kier alpha value is -1.36. The molecule has 0 aliphatic rings. The molecule has 17 heavy (non-hydrogen) atoms. The van der Waals surface area contributed by atoms with Gasteiger partial charge in [-0.25, -0.2) is 0 Å². The maximum absolute atomic E-state index is 10.7. The van der Waals surface area contributed by atoms with Gasteiger partial charge in [-0.15, -0.1) is 0 Å². The molecule has 0 atom stereocenters. The Kier molecular flexibility index (Phi) is 5.15. The van der Waals surface area contributed by atoms with Crippen molar-refractivity contribution in [3.8, 4) is 11.5 Å². The first-order valence-electron chi connectivity index (χ1n) is 5.26. The lowest BCUT2D eigenvalue weighted by atomic mass is 10.1. The summed E-state index contributed by atoms with van der Waals surface area (Å²) in [6.45, 7) is 2.48. The summed E-state index contributed by atoms with van der Waals surface area (Å²) in [5.41, 5.74) is 2.02. The number of hydrogen-bond donors (Lipinski definition) is 2. The van der Waals surface area contributed by atoms with Gasteiger partial charge in [-0.3, -0.25) is 4.79 Å². The highest BCUT2D eigenvalue weighted by Gasteiger charge is 2.08. The predicted molar refractivity (Wildman–Crippen MR) is 70.4 cm³/mol. The molecule has 0 spiro atoms. The number of aryl methyl sites for hydroxylation is 1. The summed E-state index contributed by atoms with van der Waals surface area (Å²) in [6, 6.07) is 3.86. The summed E-state index contributed by atoms with van der Waals surface area (Å²) in [7, 11) is 3.26. The van der Waals surface area contributed by atoms with Crippen molar-refractivity contribution in [2.45, 2.75) is 13.3 Å². The van der Waals surface area contributed by atoms with Crippen LogP contribution in [0.4, 0.5) is 4.79 Å². The van der Waals surface area contributed by atoms with Gasteiger partial charge < -0.3 is 14.8 Å². The molecule has 0 unspecified atom stereocenters. The summed E-state index contributed by atoms with van der Waals surface area (Å²) in [4.78, 5) is 10.7. The molecule has 1 rings (SSSR count). The van der Waals surface area contributed by atoms with Crippen LogP contribution in [0.2, 0.25) is 0 Å². The van der Waals surface area contributed by atoms with E-state index in [2.05, 4.69) is 17.9 Å². The van der Waals surface area contributed by atoms with Gasteiger partial charge in [0.05, 0.1) is 14.2 Å². The van der Waals surface area contributed by atoms with Gasteiger partial charge in [0.15, 0.2) is 0 Å². The van der Waals surface area contributed by atoms with Gasteiger partial charge in [0.2, 0.25) is 0 Å². The molecule has 0 aromatic heterocycles. The van der Waals surface area contributed by atoms with E-state index in [0.717, 1.165) is 22.6 Å². The Morgan fingerprint density at radius 1 is 1.29 bits per heavy atom. The molecule has 0 fully saturated rings. The van der Waals surface area contributed by atoms with Crippen LogP contribution in [-0.4, -0.2) is 26.0 Å². The largest absolute Gasteiger partial charge is 0.496 e. The summed E-state index contributed by atoms with van der Waals surface area (Å²) in [5.74, 6) is 1.62. The molecule has 5 heteroatoms. The van der Waals surface area contributed by atoms with E-state index in [-0.39, 0.29) is 5.24 Å². The second-order valence-electron chi connectivity index (χ2n) is 3.62. The molecule has 1 aromatic rings. The first-order chi connectivity index (χ1) is 8.08. The lowest BCUT2D eigenvalue weighted by molar-refractivity contribution is 0.261. The topological polar surface area (TPSA) is 47.6 Å². The maximum atomic E-state index is 10.7. The summed E-state index contributed by atoms with van der Waals surface area (Å²) < 4.78 is 10.6. The molecule has 0 bridgehead atoms. The maximum Gasteiger partial charge on any atom is 0.275 e. The molecule has 0 saturated carbocycles. The number of carbonyl (C=O) groups is 1. The Bertz CT molecular complexity index is 407. The fraction of sp³-hybridized carbons (Fsp3) is 0.417. The number of ether oxygens (including phenoxy) is 2. The van der Waals surface area contributed by atoms with E-state index in [4.69, 9.17) is 9.47 Å². The molecular weight excluding hydrogens is 238 g/mol. The highest BCUT2D eigenvalue weighted by atomic mass is 32.1. The van der Waals surface area contributed by atoms with E-state index in [0.29, 0.717) is 13.0 Å². The minimum atomic E-state index is -0.331. The quantitative estimate of drug-likeness (QED) is 0.793. The lowest BCUT2D eigenvalue weighted by Gasteiger charge is -2.13. The second-order valence-corrected chi connectivity index (χ2v) is 4.02. The van der Waals surface area contributed by atoms with Crippen LogP contribution < -0.4 is 14.8 Å². The SMILES string of the molecule is COc1cc(CCNC(=O)S)c(OC)cc1C. The Morgan fingerprint density at radius 2 is 1.94 bits per heavy atom. The number of nitrogens with one attached hydrogen (secondary N) is 1. The molecule has 1 aromatic carbocycles. The number of methoxy groups -OCH3 is 2. The number of carbonyl (C=O) groups excluding carboxylic acids is 1. The van der Waals surface area contributed by atoms with Crippen LogP contribution in [-0.2, 0) is 6.42 Å². The van der Waals surface area contributed by atoms with Crippen LogP contribution in [0, 0.1) is 6.92 Å². The van der Waals surface area contributed by atoms with E-state index in [1.54, 1.807) is 14.2 Å². The number of benzene rings is 1. The van der Waals surface area contributed by atoms with Crippen molar-refractivity contribution in [3.63, 3.8) is 0 Å². The second kappa shape index (κ2) is 6.39. The van der Waals surface area contributed by atoms with Gasteiger partial charge >= 0.3 is 0 Å². The van der Waals surface area contributed by atoms with Crippen molar-refractivity contribution in [3.05, 3.63) is 23.3 Å². The van der Waals surface area contributed by atoms with E-state index < -0.39 is 0 Å². The Balaban J connectivity index is 2.84. The number of amides is 1. The van der Waals surface area contributed by atoms with Crippen molar-refractivity contribution in [1.82, 2.24) is 5.32 Å². The predicted octanol–water partition coefficient (Wildman–Crippen LogP) is 2.19. The zero-order valence-corrected chi connectivity index (χ0v) is 11.1. The Morgan fingerprint density at radius 3 is 2.47 bits per heavy atom. The summed E-state index contributed by atoms with van der Waals surface area (Å²) in [5, 5.41) is 2.30. The summed E-state index contributed by atoms with van der Waals surface area (Å²) >= 11 is 3.64. The smallest absolute Gasteiger partial charge is 0.275 e. The first kappa shape index (κ1) is 13.7. The summed E-state index contributed by atoms with van der Waals surface area (Å²) in [6.07, 6.45) is 0.673. The normalized spacial score (nSPS) is 9.88. The van der Waals surface area contributed by atoms with Crippen molar-refractivity contribution in [2.75, 3.05) is 20.8 Å². The highest BCUT2D eigenvalue weighted by Crippen LogP contribution is 2.28. The number of rotatable bonds is 5. The van der Waals surface area contributed by atoms with Gasteiger partial charge in [-0.05, 0) is 36.6 Å². The molecule has 94 valence electrons. The van der Waals surface area contributed by atoms with Gasteiger partial charge in [0.25, 0.3) is 5.24 Å². The van der Waals surface area contributed by atoms with Crippen LogP contribution >= 0.6 is 12.6 Å². The van der Waals surface area contributed by atoms with Crippen molar-refractivity contribution < 1.29 is 14.3 Å². The van der Waals surface area contributed by atoms with Gasteiger partial charge in [0, 0.05) is 6.54 Å². The van der Waals surface area contributed by atoms with Gasteiger partial charge in [-0.2, -0.15) is 0 Å². The van der Waals surface area contributed by atoms with Crippen LogP contribution in [0.15, 0.2) is 12.1 Å². The molecule has 1 amide bonds. The van der Waals surface area contributed by atoms with Crippen molar-refractivity contribution >= 4 is 17.9 Å². The van der Waals surface area contributed by atoms with Crippen LogP contribution in [0.5, 0.6) is 11.5 Å². The van der Waals surface area contributed by atoms with E-state index in [1.807, 2.05) is 19.1 Å². The van der Waals surface area contributed by atoms with Crippen molar-refractivity contribution in [1.29, 1.82) is 0 Å². The van der Waals surface area contributed by atoms with E-state index >= 15 is 0 Å². The lowest BCUT2D eigenvalue weighted by Crippen LogP contribution is -2.19. The molecular formula is C12H17NO3S. The van der Waals surface area contributed by atoms with Crippen LogP contribution in [0.3, 0.4) is 0 Å². The standard InChI is InChI=1S/C12H17NO3S/c1-8-6-11(16-3)9(7-10(8)15-2)4-5-13-12(14)17/h6-7H,4-5H2,1-3H3,(H2,13,14,17). The third-order valence-corrected chi connectivity index (χ3v) is 2.63. The fourth-order valence-electron chi connectivity index (χ4n) is 1.61. The average Bonchev–Trinajstić information content (AvgIpc) is 2.30. The molecule has 0 aliphatic carbocycles. The molecule has 0 radical (unpaired) electrons. The van der Waals surface area contributed by atoms with Crippen LogP contribution in [0.25, 0.3) is 0 Å². The van der Waals surface area contributed by atoms with Gasteiger partial charge in [0.1, 0.15) is 11.5 Å². The molecule has 4 nitrogen and oxygen atoms in total. The molecule has 0 saturated heterocycles. The molecule has 0 heterocycles. The molecule has 1 N–H and O–H groups in total. The zero-order valence-electron chi connectivity index (χ0n) is 10.2. The monoisotopic (exact) mass is 255 g/mol. The van der Waals surface area contributed by atoms with Gasteiger partial charge in [-0.1, -0.05) is 12.6 Å². The van der Waals surface area contributed by atoms with E-state index in [1.165, 1.54) is 0 Å². The third-order valence-electron chi connectivity index (χ3n) is 2.47. The Labute approximate surface area is 107 Å². The fourth-order valence-corrected chi connectivity index (χ4v) is 1.72. The highest BCUT2D eigenvalue weighted by molar-refractivity contribution is 7.96. The molecule has 0 aliphatic heterocycles. The first-order valence-corrected chi connectivity index (χ1v) is 5.71. The van der Waals surface area contributed by atoms with Crippen molar-refractivity contribution in [2.24, 2.45) is 0 Å². The number of hydrogen-bond acceptors (Lipinski definition) is 3. The minimum Gasteiger partial charge on any atom is -0.496 e. The van der Waals surface area contributed by atoms with Crippen LogP contribution in [0.1, 0.15) is 11.1 Å². The van der Waals surface area contributed by atoms with E-state index in [9.17, 15) is 4.79 Å². The zero-order chi connectivity index (χ0) is 12.8.